The van der Waals surface area contributed by atoms with Gasteiger partial charge in [0.15, 0.2) is 6.61 Å². The zero-order valence-electron chi connectivity index (χ0n) is 11.3. The van der Waals surface area contributed by atoms with Crippen LogP contribution in [0.25, 0.3) is 0 Å². The fourth-order valence-corrected chi connectivity index (χ4v) is 1.55. The van der Waals surface area contributed by atoms with Crippen molar-refractivity contribution in [3.63, 3.8) is 0 Å². The highest BCUT2D eigenvalue weighted by Gasteiger charge is 2.29. The van der Waals surface area contributed by atoms with Crippen LogP contribution >= 0.6 is 0 Å². The van der Waals surface area contributed by atoms with Gasteiger partial charge in [-0.15, -0.1) is 0 Å². The SMILES string of the molecule is CCCC(N)C(=O)Nc1ccc(F)cc1OCC(F)(F)F. The van der Waals surface area contributed by atoms with Gasteiger partial charge >= 0.3 is 6.18 Å². The van der Waals surface area contributed by atoms with E-state index in [0.717, 1.165) is 18.2 Å². The van der Waals surface area contributed by atoms with Gasteiger partial charge in [-0.1, -0.05) is 13.3 Å². The molecule has 1 aromatic rings. The van der Waals surface area contributed by atoms with Gasteiger partial charge in [-0.2, -0.15) is 13.2 Å². The van der Waals surface area contributed by atoms with E-state index in [1.807, 2.05) is 6.92 Å². The number of alkyl halides is 3. The lowest BCUT2D eigenvalue weighted by molar-refractivity contribution is -0.153. The van der Waals surface area contributed by atoms with E-state index < -0.39 is 36.3 Å². The normalized spacial score (nSPS) is 12.9. The van der Waals surface area contributed by atoms with E-state index >= 15 is 0 Å². The van der Waals surface area contributed by atoms with Crippen molar-refractivity contribution in [2.24, 2.45) is 5.73 Å². The molecule has 1 rings (SSSR count). The van der Waals surface area contributed by atoms with Crippen molar-refractivity contribution in [2.45, 2.75) is 32.0 Å². The molecule has 0 saturated heterocycles. The van der Waals surface area contributed by atoms with Crippen molar-refractivity contribution in [3.05, 3.63) is 24.0 Å². The first-order valence-corrected chi connectivity index (χ1v) is 6.28. The number of hydrogen-bond acceptors (Lipinski definition) is 3. The number of benzene rings is 1. The smallest absolute Gasteiger partial charge is 0.422 e. The van der Waals surface area contributed by atoms with Gasteiger partial charge in [0.2, 0.25) is 5.91 Å². The van der Waals surface area contributed by atoms with E-state index in [1.54, 1.807) is 0 Å². The second-order valence-corrected chi connectivity index (χ2v) is 4.43. The highest BCUT2D eigenvalue weighted by Crippen LogP contribution is 2.27. The van der Waals surface area contributed by atoms with E-state index in [1.165, 1.54) is 0 Å². The van der Waals surface area contributed by atoms with Gasteiger partial charge in [-0.3, -0.25) is 4.79 Å². The Balaban J connectivity index is 2.84. The molecule has 0 spiro atoms. The van der Waals surface area contributed by atoms with Crippen LogP contribution in [0.3, 0.4) is 0 Å². The van der Waals surface area contributed by atoms with Crippen molar-refractivity contribution >= 4 is 11.6 Å². The number of anilines is 1. The first-order valence-electron chi connectivity index (χ1n) is 6.28. The minimum absolute atomic E-state index is 0.0581. The molecule has 0 aliphatic heterocycles. The van der Waals surface area contributed by atoms with Crippen LogP contribution < -0.4 is 15.8 Å². The third-order valence-electron chi connectivity index (χ3n) is 2.53. The van der Waals surface area contributed by atoms with Crippen molar-refractivity contribution in [2.75, 3.05) is 11.9 Å². The van der Waals surface area contributed by atoms with Crippen LogP contribution in [0.2, 0.25) is 0 Å². The standard InChI is InChI=1S/C13H16F4N2O2/c1-2-3-9(18)12(20)19-10-5-4-8(14)6-11(10)21-7-13(15,16)17/h4-6,9H,2-3,7,18H2,1H3,(H,19,20). The van der Waals surface area contributed by atoms with Crippen molar-refractivity contribution < 1.29 is 27.1 Å². The molecule has 3 N–H and O–H groups in total. The van der Waals surface area contributed by atoms with Crippen LogP contribution in [0.1, 0.15) is 19.8 Å². The van der Waals surface area contributed by atoms with E-state index in [0.29, 0.717) is 12.8 Å². The number of nitrogens with one attached hydrogen (secondary N) is 1. The summed E-state index contributed by atoms with van der Waals surface area (Å²) in [7, 11) is 0. The Kier molecular flexibility index (Phi) is 5.95. The fraction of sp³-hybridized carbons (Fsp3) is 0.462. The number of carbonyl (C=O) groups excluding carboxylic acids is 1. The first-order chi connectivity index (χ1) is 9.73. The molecule has 1 atom stereocenters. The fourth-order valence-electron chi connectivity index (χ4n) is 1.55. The average Bonchev–Trinajstić information content (AvgIpc) is 2.38. The van der Waals surface area contributed by atoms with Gasteiger partial charge in [0.05, 0.1) is 11.7 Å². The summed E-state index contributed by atoms with van der Waals surface area (Å²) in [5, 5.41) is 2.34. The monoisotopic (exact) mass is 308 g/mol. The Morgan fingerprint density at radius 2 is 2.10 bits per heavy atom. The summed E-state index contributed by atoms with van der Waals surface area (Å²) in [6.45, 7) is 0.253. The number of amides is 1. The lowest BCUT2D eigenvalue weighted by Crippen LogP contribution is -2.35. The minimum Gasteiger partial charge on any atom is -0.482 e. The molecular formula is C13H16F4N2O2. The lowest BCUT2D eigenvalue weighted by Gasteiger charge is -2.16. The molecule has 0 aromatic heterocycles. The second kappa shape index (κ2) is 7.26. The van der Waals surface area contributed by atoms with Crippen molar-refractivity contribution in [1.29, 1.82) is 0 Å². The van der Waals surface area contributed by atoms with Crippen LogP contribution in [-0.4, -0.2) is 24.7 Å². The molecule has 8 heteroatoms. The molecule has 1 amide bonds. The number of ether oxygens (including phenoxy) is 1. The summed E-state index contributed by atoms with van der Waals surface area (Å²) < 4.78 is 54.0. The molecule has 4 nitrogen and oxygen atoms in total. The van der Waals surface area contributed by atoms with E-state index in [2.05, 4.69) is 10.1 Å². The molecule has 118 valence electrons. The first kappa shape index (κ1) is 17.2. The summed E-state index contributed by atoms with van der Waals surface area (Å²) >= 11 is 0. The predicted octanol–water partition coefficient (Wildman–Crippen LogP) is 2.83. The molecule has 0 saturated carbocycles. The van der Waals surface area contributed by atoms with Crippen LogP contribution in [-0.2, 0) is 4.79 Å². The summed E-state index contributed by atoms with van der Waals surface area (Å²) in [5.74, 6) is -1.74. The Bertz CT molecular complexity index is 492. The largest absolute Gasteiger partial charge is 0.482 e. The minimum atomic E-state index is -4.56. The summed E-state index contributed by atoms with van der Waals surface area (Å²) in [6.07, 6.45) is -3.46. The van der Waals surface area contributed by atoms with E-state index in [4.69, 9.17) is 5.73 Å². The van der Waals surface area contributed by atoms with Gasteiger partial charge in [0.25, 0.3) is 0 Å². The highest BCUT2D eigenvalue weighted by molar-refractivity contribution is 5.95. The van der Waals surface area contributed by atoms with Gasteiger partial charge in [0, 0.05) is 6.07 Å². The molecule has 0 aliphatic carbocycles. The maximum atomic E-state index is 13.1. The molecule has 1 aromatic carbocycles. The average molecular weight is 308 g/mol. The molecule has 0 bridgehead atoms. The van der Waals surface area contributed by atoms with Gasteiger partial charge in [0.1, 0.15) is 11.6 Å². The Labute approximate surface area is 119 Å². The molecule has 0 aliphatic rings. The Morgan fingerprint density at radius 1 is 1.43 bits per heavy atom. The quantitative estimate of drug-likeness (QED) is 0.794. The van der Waals surface area contributed by atoms with Gasteiger partial charge < -0.3 is 15.8 Å². The number of halogens is 4. The zero-order chi connectivity index (χ0) is 16.0. The lowest BCUT2D eigenvalue weighted by atomic mass is 10.1. The maximum Gasteiger partial charge on any atom is 0.422 e. The molecule has 0 fully saturated rings. The number of rotatable bonds is 6. The third-order valence-corrected chi connectivity index (χ3v) is 2.53. The summed E-state index contributed by atoms with van der Waals surface area (Å²) in [5.41, 5.74) is 5.53. The van der Waals surface area contributed by atoms with Gasteiger partial charge in [-0.05, 0) is 18.6 Å². The van der Waals surface area contributed by atoms with Crippen LogP contribution in [0, 0.1) is 5.82 Å². The maximum absolute atomic E-state index is 13.1. The molecule has 0 heterocycles. The van der Waals surface area contributed by atoms with Crippen molar-refractivity contribution in [1.82, 2.24) is 0 Å². The predicted molar refractivity (Wildman–Crippen MR) is 69.5 cm³/mol. The molecule has 1 unspecified atom stereocenters. The summed E-state index contributed by atoms with van der Waals surface area (Å²) in [6, 6.07) is 2.10. The second-order valence-electron chi connectivity index (χ2n) is 4.43. The topological polar surface area (TPSA) is 64.4 Å². The molecular weight excluding hydrogens is 292 g/mol. The zero-order valence-corrected chi connectivity index (χ0v) is 11.3. The van der Waals surface area contributed by atoms with Crippen LogP contribution in [0.4, 0.5) is 23.2 Å². The summed E-state index contributed by atoms with van der Waals surface area (Å²) in [4.78, 5) is 11.7. The number of hydrogen-bond donors (Lipinski definition) is 2. The Morgan fingerprint density at radius 3 is 2.67 bits per heavy atom. The highest BCUT2D eigenvalue weighted by atomic mass is 19.4. The third kappa shape index (κ3) is 5.99. The van der Waals surface area contributed by atoms with Crippen molar-refractivity contribution in [3.8, 4) is 5.75 Å². The van der Waals surface area contributed by atoms with E-state index in [-0.39, 0.29) is 5.69 Å². The molecule has 21 heavy (non-hydrogen) atoms. The van der Waals surface area contributed by atoms with Crippen LogP contribution in [0.15, 0.2) is 18.2 Å². The van der Waals surface area contributed by atoms with Crippen LogP contribution in [0.5, 0.6) is 5.75 Å². The molecule has 0 radical (unpaired) electrons. The van der Waals surface area contributed by atoms with E-state index in [9.17, 15) is 22.4 Å². The Hall–Kier alpha value is -1.83. The number of nitrogens with two attached hydrogens (primary N) is 1. The van der Waals surface area contributed by atoms with Gasteiger partial charge in [-0.25, -0.2) is 4.39 Å². The number of carbonyl (C=O) groups is 1.